The van der Waals surface area contributed by atoms with E-state index >= 15 is 0 Å². The van der Waals surface area contributed by atoms with Crippen LogP contribution in [0.3, 0.4) is 0 Å². The standard InChI is InChI=1S/C21H23BrN2O5/c1-27-17-6-4-16(5-7-17)23-9-11-24(12-10-23)20(25)14-29-19-8-3-15(13-18(19)22)21(26)28-2/h3-8,13H,9-12,14H2,1-2H3. The quantitative estimate of drug-likeness (QED) is 0.614. The summed E-state index contributed by atoms with van der Waals surface area (Å²) in [5.41, 5.74) is 1.52. The molecule has 1 saturated heterocycles. The number of hydrogen-bond donors (Lipinski definition) is 0. The summed E-state index contributed by atoms with van der Waals surface area (Å²) in [6.45, 7) is 2.73. The molecule has 1 heterocycles. The summed E-state index contributed by atoms with van der Waals surface area (Å²) in [5, 5.41) is 0. The molecule has 154 valence electrons. The molecule has 0 unspecified atom stereocenters. The number of hydrogen-bond acceptors (Lipinski definition) is 6. The molecule has 7 nitrogen and oxygen atoms in total. The van der Waals surface area contributed by atoms with Gasteiger partial charge in [-0.15, -0.1) is 0 Å². The molecule has 0 saturated carbocycles. The highest BCUT2D eigenvalue weighted by molar-refractivity contribution is 9.10. The number of rotatable bonds is 6. The van der Waals surface area contributed by atoms with Gasteiger partial charge < -0.3 is 24.0 Å². The molecule has 1 aliphatic rings. The highest BCUT2D eigenvalue weighted by atomic mass is 79.9. The molecule has 8 heteroatoms. The number of carbonyl (C=O) groups is 2. The van der Waals surface area contributed by atoms with Gasteiger partial charge in [0.05, 0.1) is 24.3 Å². The Kier molecular flexibility index (Phi) is 6.98. The van der Waals surface area contributed by atoms with Crippen molar-refractivity contribution in [1.29, 1.82) is 0 Å². The van der Waals surface area contributed by atoms with E-state index in [1.54, 1.807) is 30.2 Å². The third-order valence-corrected chi connectivity index (χ3v) is 5.39. The van der Waals surface area contributed by atoms with Crippen molar-refractivity contribution in [3.8, 4) is 11.5 Å². The fourth-order valence-corrected chi connectivity index (χ4v) is 3.59. The molecule has 29 heavy (non-hydrogen) atoms. The first kappa shape index (κ1) is 21.0. The van der Waals surface area contributed by atoms with Crippen molar-refractivity contribution in [2.24, 2.45) is 0 Å². The van der Waals surface area contributed by atoms with Crippen LogP contribution in [0.15, 0.2) is 46.9 Å². The van der Waals surface area contributed by atoms with E-state index in [9.17, 15) is 9.59 Å². The molecule has 1 fully saturated rings. The highest BCUT2D eigenvalue weighted by Crippen LogP contribution is 2.26. The van der Waals surface area contributed by atoms with Crippen molar-refractivity contribution in [3.63, 3.8) is 0 Å². The maximum atomic E-state index is 12.5. The van der Waals surface area contributed by atoms with Crippen LogP contribution in [-0.2, 0) is 9.53 Å². The van der Waals surface area contributed by atoms with Crippen LogP contribution in [-0.4, -0.2) is 63.8 Å². The fraction of sp³-hybridized carbons (Fsp3) is 0.333. The summed E-state index contributed by atoms with van der Waals surface area (Å²) in [7, 11) is 2.97. The van der Waals surface area contributed by atoms with Gasteiger partial charge in [-0.1, -0.05) is 0 Å². The maximum absolute atomic E-state index is 12.5. The molecule has 1 amide bonds. The molecule has 0 aliphatic carbocycles. The Labute approximate surface area is 178 Å². The zero-order valence-electron chi connectivity index (χ0n) is 16.4. The van der Waals surface area contributed by atoms with Crippen molar-refractivity contribution in [2.75, 3.05) is 51.9 Å². The highest BCUT2D eigenvalue weighted by Gasteiger charge is 2.22. The number of carbonyl (C=O) groups excluding carboxylic acids is 2. The van der Waals surface area contributed by atoms with Crippen molar-refractivity contribution < 1.29 is 23.8 Å². The van der Waals surface area contributed by atoms with Crippen molar-refractivity contribution in [1.82, 2.24) is 4.90 Å². The summed E-state index contributed by atoms with van der Waals surface area (Å²) >= 11 is 3.36. The zero-order chi connectivity index (χ0) is 20.8. The lowest BCUT2D eigenvalue weighted by Crippen LogP contribution is -2.50. The number of methoxy groups -OCH3 is 2. The molecule has 0 aromatic heterocycles. The van der Waals surface area contributed by atoms with Gasteiger partial charge in [0.25, 0.3) is 5.91 Å². The molecular formula is C21H23BrN2O5. The molecule has 2 aromatic carbocycles. The van der Waals surface area contributed by atoms with Gasteiger partial charge in [-0.3, -0.25) is 4.79 Å². The minimum absolute atomic E-state index is 0.0568. The van der Waals surface area contributed by atoms with E-state index in [4.69, 9.17) is 9.47 Å². The van der Waals surface area contributed by atoms with Crippen LogP contribution in [0.4, 0.5) is 5.69 Å². The molecule has 0 bridgehead atoms. The number of amides is 1. The van der Waals surface area contributed by atoms with E-state index in [0.29, 0.717) is 28.9 Å². The van der Waals surface area contributed by atoms with E-state index in [1.165, 1.54) is 7.11 Å². The van der Waals surface area contributed by atoms with Crippen LogP contribution in [0, 0.1) is 0 Å². The molecule has 0 radical (unpaired) electrons. The fourth-order valence-electron chi connectivity index (χ4n) is 3.10. The number of ether oxygens (including phenoxy) is 3. The second-order valence-corrected chi connectivity index (χ2v) is 7.35. The van der Waals surface area contributed by atoms with E-state index in [2.05, 4.69) is 25.6 Å². The van der Waals surface area contributed by atoms with Crippen molar-refractivity contribution >= 4 is 33.5 Å². The predicted molar refractivity (Wildman–Crippen MR) is 113 cm³/mol. The van der Waals surface area contributed by atoms with Crippen LogP contribution in [0.5, 0.6) is 11.5 Å². The van der Waals surface area contributed by atoms with Crippen molar-refractivity contribution in [3.05, 3.63) is 52.5 Å². The normalized spacial score (nSPS) is 13.8. The molecule has 0 spiro atoms. The average molecular weight is 463 g/mol. The molecule has 0 N–H and O–H groups in total. The van der Waals surface area contributed by atoms with Crippen molar-refractivity contribution in [2.45, 2.75) is 0 Å². The molecular weight excluding hydrogens is 440 g/mol. The monoisotopic (exact) mass is 462 g/mol. The SMILES string of the molecule is COC(=O)c1ccc(OCC(=O)N2CCN(c3ccc(OC)cc3)CC2)c(Br)c1. The summed E-state index contributed by atoms with van der Waals surface area (Å²) in [6, 6.07) is 12.8. The Bertz CT molecular complexity index is 864. The second kappa shape index (κ2) is 9.65. The smallest absolute Gasteiger partial charge is 0.337 e. The van der Waals surface area contributed by atoms with Gasteiger partial charge in [-0.05, 0) is 58.4 Å². The third kappa shape index (κ3) is 5.20. The van der Waals surface area contributed by atoms with E-state index in [-0.39, 0.29) is 12.5 Å². The molecule has 3 rings (SSSR count). The summed E-state index contributed by atoms with van der Waals surface area (Å²) in [6.07, 6.45) is 0. The lowest BCUT2D eigenvalue weighted by Gasteiger charge is -2.36. The van der Waals surface area contributed by atoms with Gasteiger partial charge in [-0.25, -0.2) is 4.79 Å². The lowest BCUT2D eigenvalue weighted by molar-refractivity contribution is -0.133. The number of benzene rings is 2. The maximum Gasteiger partial charge on any atom is 0.337 e. The first-order valence-corrected chi connectivity index (χ1v) is 9.98. The molecule has 2 aromatic rings. The van der Waals surface area contributed by atoms with Gasteiger partial charge in [0.15, 0.2) is 6.61 Å². The van der Waals surface area contributed by atoms with Crippen LogP contribution in [0.1, 0.15) is 10.4 Å². The second-order valence-electron chi connectivity index (χ2n) is 6.49. The largest absolute Gasteiger partial charge is 0.497 e. The Balaban J connectivity index is 1.50. The Morgan fingerprint density at radius 3 is 2.28 bits per heavy atom. The van der Waals surface area contributed by atoms with Gasteiger partial charge in [0.2, 0.25) is 0 Å². The van der Waals surface area contributed by atoms with Gasteiger partial charge >= 0.3 is 5.97 Å². The predicted octanol–water partition coefficient (Wildman–Crippen LogP) is 2.97. The third-order valence-electron chi connectivity index (χ3n) is 4.77. The number of nitrogens with zero attached hydrogens (tertiary/aromatic N) is 2. The summed E-state index contributed by atoms with van der Waals surface area (Å²) in [4.78, 5) is 28.1. The first-order chi connectivity index (χ1) is 14.0. The summed E-state index contributed by atoms with van der Waals surface area (Å²) in [5.74, 6) is 0.833. The van der Waals surface area contributed by atoms with Crippen LogP contribution < -0.4 is 14.4 Å². The topological polar surface area (TPSA) is 68.3 Å². The minimum atomic E-state index is -0.428. The number of piperazine rings is 1. The zero-order valence-corrected chi connectivity index (χ0v) is 18.0. The van der Waals surface area contributed by atoms with Gasteiger partial charge in [0, 0.05) is 31.9 Å². The Hall–Kier alpha value is -2.74. The van der Waals surface area contributed by atoms with Crippen LogP contribution in [0.25, 0.3) is 0 Å². The lowest BCUT2D eigenvalue weighted by atomic mass is 10.2. The Morgan fingerprint density at radius 1 is 1.00 bits per heavy atom. The number of anilines is 1. The molecule has 0 atom stereocenters. The van der Waals surface area contributed by atoms with Gasteiger partial charge in [-0.2, -0.15) is 0 Å². The van der Waals surface area contributed by atoms with Gasteiger partial charge in [0.1, 0.15) is 11.5 Å². The van der Waals surface area contributed by atoms with E-state index < -0.39 is 5.97 Å². The Morgan fingerprint density at radius 2 is 1.69 bits per heavy atom. The van der Waals surface area contributed by atoms with E-state index in [0.717, 1.165) is 24.5 Å². The average Bonchev–Trinajstić information content (AvgIpc) is 2.77. The van der Waals surface area contributed by atoms with Crippen LogP contribution in [0.2, 0.25) is 0 Å². The summed E-state index contributed by atoms with van der Waals surface area (Å²) < 4.78 is 16.1. The minimum Gasteiger partial charge on any atom is -0.497 e. The van der Waals surface area contributed by atoms with Crippen LogP contribution >= 0.6 is 15.9 Å². The van der Waals surface area contributed by atoms with E-state index in [1.807, 2.05) is 24.3 Å². The number of halogens is 1. The number of esters is 1. The molecule has 1 aliphatic heterocycles. The first-order valence-electron chi connectivity index (χ1n) is 9.19.